The average Bonchev–Trinajstić information content (AvgIpc) is 1.85. The van der Waals surface area contributed by atoms with Crippen LogP contribution in [0.1, 0.15) is 16.7 Å². The van der Waals surface area contributed by atoms with Crippen molar-refractivity contribution in [1.29, 1.82) is 0 Å². The Bertz CT molecular complexity index is 208. The van der Waals surface area contributed by atoms with Crippen molar-refractivity contribution in [3.63, 3.8) is 0 Å². The Morgan fingerprint density at radius 2 is 1.80 bits per heavy atom. The highest BCUT2D eigenvalue weighted by molar-refractivity contribution is 5.26. The van der Waals surface area contributed by atoms with E-state index in [-0.39, 0.29) is 6.61 Å². The van der Waals surface area contributed by atoms with Gasteiger partial charge < -0.3 is 5.11 Å². The molecule has 0 saturated heterocycles. The SMILES string of the molecule is Cc1[c]c(C)cc(CO)c1. The molecule has 10 heavy (non-hydrogen) atoms. The Hall–Kier alpha value is -0.820. The molecule has 0 aliphatic carbocycles. The van der Waals surface area contributed by atoms with Crippen LogP contribution in [-0.2, 0) is 6.61 Å². The van der Waals surface area contributed by atoms with Crippen molar-refractivity contribution in [2.24, 2.45) is 0 Å². The minimum atomic E-state index is 0.121. The van der Waals surface area contributed by atoms with E-state index in [0.717, 1.165) is 16.7 Å². The molecule has 1 nitrogen and oxygen atoms in total. The third-order valence-electron chi connectivity index (χ3n) is 1.38. The first kappa shape index (κ1) is 7.29. The Labute approximate surface area is 61.3 Å². The molecule has 1 aromatic carbocycles. The summed E-state index contributed by atoms with van der Waals surface area (Å²) in [6.07, 6.45) is 0. The summed E-state index contributed by atoms with van der Waals surface area (Å²) in [6.45, 7) is 4.08. The maximum atomic E-state index is 8.77. The van der Waals surface area contributed by atoms with Gasteiger partial charge in [-0.2, -0.15) is 0 Å². The van der Waals surface area contributed by atoms with Crippen molar-refractivity contribution in [2.75, 3.05) is 0 Å². The second-order valence-corrected chi connectivity index (χ2v) is 2.51. The average molecular weight is 135 g/mol. The van der Waals surface area contributed by atoms with Gasteiger partial charge in [0.05, 0.1) is 6.61 Å². The van der Waals surface area contributed by atoms with Crippen molar-refractivity contribution >= 4 is 0 Å². The van der Waals surface area contributed by atoms with E-state index in [1.165, 1.54) is 0 Å². The molecule has 0 fully saturated rings. The van der Waals surface area contributed by atoms with E-state index in [9.17, 15) is 0 Å². The zero-order valence-electron chi connectivity index (χ0n) is 6.31. The topological polar surface area (TPSA) is 20.2 Å². The van der Waals surface area contributed by atoms with Crippen molar-refractivity contribution in [2.45, 2.75) is 20.5 Å². The highest BCUT2D eigenvalue weighted by Gasteiger charge is 1.92. The van der Waals surface area contributed by atoms with Crippen LogP contribution < -0.4 is 0 Å². The molecular formula is C9H11O. The van der Waals surface area contributed by atoms with Gasteiger partial charge in [0, 0.05) is 0 Å². The minimum absolute atomic E-state index is 0.121. The Morgan fingerprint density at radius 3 is 2.20 bits per heavy atom. The minimum Gasteiger partial charge on any atom is -0.392 e. The summed E-state index contributed by atoms with van der Waals surface area (Å²) >= 11 is 0. The molecule has 0 atom stereocenters. The Kier molecular flexibility index (Phi) is 2.07. The molecule has 53 valence electrons. The first-order chi connectivity index (χ1) is 4.72. The number of rotatable bonds is 1. The van der Waals surface area contributed by atoms with Crippen molar-refractivity contribution < 1.29 is 5.11 Å². The molecule has 0 heterocycles. The first-order valence-corrected chi connectivity index (χ1v) is 3.32. The number of hydrogen-bond acceptors (Lipinski definition) is 1. The van der Waals surface area contributed by atoms with Gasteiger partial charge >= 0.3 is 0 Å². The molecule has 1 radical (unpaired) electrons. The van der Waals surface area contributed by atoms with Gasteiger partial charge in [-0.25, -0.2) is 0 Å². The molecule has 0 amide bonds. The molecule has 0 spiro atoms. The van der Waals surface area contributed by atoms with Crippen LogP contribution >= 0.6 is 0 Å². The Balaban J connectivity index is 3.06. The summed E-state index contributed by atoms with van der Waals surface area (Å²) in [4.78, 5) is 0. The van der Waals surface area contributed by atoms with Crippen LogP contribution in [0.25, 0.3) is 0 Å². The van der Waals surface area contributed by atoms with E-state index >= 15 is 0 Å². The van der Waals surface area contributed by atoms with Crippen molar-refractivity contribution in [1.82, 2.24) is 0 Å². The summed E-state index contributed by atoms with van der Waals surface area (Å²) in [5.74, 6) is 0. The Morgan fingerprint density at radius 1 is 1.30 bits per heavy atom. The maximum absolute atomic E-state index is 8.77. The smallest absolute Gasteiger partial charge is 0.0682 e. The molecule has 0 bridgehead atoms. The van der Waals surface area contributed by atoms with Crippen LogP contribution in [0.2, 0.25) is 0 Å². The van der Waals surface area contributed by atoms with Crippen LogP contribution in [0.15, 0.2) is 12.1 Å². The van der Waals surface area contributed by atoms with Gasteiger partial charge in [-0.15, -0.1) is 0 Å². The highest BCUT2D eigenvalue weighted by atomic mass is 16.3. The summed E-state index contributed by atoms with van der Waals surface area (Å²) < 4.78 is 0. The van der Waals surface area contributed by atoms with Gasteiger partial charge in [0.15, 0.2) is 0 Å². The second kappa shape index (κ2) is 2.84. The molecular weight excluding hydrogens is 124 g/mol. The van der Waals surface area contributed by atoms with Gasteiger partial charge in [0.25, 0.3) is 0 Å². The van der Waals surface area contributed by atoms with Gasteiger partial charge in [-0.3, -0.25) is 0 Å². The predicted molar refractivity (Wildman–Crippen MR) is 40.7 cm³/mol. The van der Waals surface area contributed by atoms with E-state index in [1.54, 1.807) is 0 Å². The zero-order chi connectivity index (χ0) is 7.56. The fraction of sp³-hybridized carbons (Fsp3) is 0.333. The van der Waals surface area contributed by atoms with Crippen LogP contribution in [0.5, 0.6) is 0 Å². The molecule has 0 aromatic heterocycles. The molecule has 0 aliphatic rings. The quantitative estimate of drug-likeness (QED) is 0.620. The van der Waals surface area contributed by atoms with Crippen molar-refractivity contribution in [3.05, 3.63) is 34.9 Å². The number of benzene rings is 1. The van der Waals surface area contributed by atoms with Crippen molar-refractivity contribution in [3.8, 4) is 0 Å². The molecule has 0 unspecified atom stereocenters. The van der Waals surface area contributed by atoms with Gasteiger partial charge in [0.1, 0.15) is 0 Å². The first-order valence-electron chi connectivity index (χ1n) is 3.32. The number of aryl methyl sites for hydroxylation is 2. The molecule has 0 saturated carbocycles. The van der Waals surface area contributed by atoms with Crippen LogP contribution in [0.4, 0.5) is 0 Å². The standard InChI is InChI=1S/C9H11O/c1-7-3-8(2)5-9(4-7)6-10/h4-5,10H,6H2,1-2H3. The predicted octanol–water partition coefficient (Wildman–Crippen LogP) is 1.60. The second-order valence-electron chi connectivity index (χ2n) is 2.51. The van der Waals surface area contributed by atoms with Gasteiger partial charge in [0.2, 0.25) is 0 Å². The highest BCUT2D eigenvalue weighted by Crippen LogP contribution is 2.06. The lowest BCUT2D eigenvalue weighted by Crippen LogP contribution is -1.86. The number of aliphatic hydroxyl groups excluding tert-OH is 1. The third-order valence-corrected chi connectivity index (χ3v) is 1.38. The fourth-order valence-electron chi connectivity index (χ4n) is 1.07. The molecule has 1 heteroatoms. The summed E-state index contributed by atoms with van der Waals surface area (Å²) in [7, 11) is 0. The third kappa shape index (κ3) is 1.58. The van der Waals surface area contributed by atoms with E-state index in [4.69, 9.17) is 5.11 Å². The maximum Gasteiger partial charge on any atom is 0.0682 e. The van der Waals surface area contributed by atoms with E-state index < -0.39 is 0 Å². The molecule has 0 aliphatic heterocycles. The fourth-order valence-corrected chi connectivity index (χ4v) is 1.07. The normalized spacial score (nSPS) is 9.90. The van der Waals surface area contributed by atoms with Crippen LogP contribution in [0.3, 0.4) is 0 Å². The van der Waals surface area contributed by atoms with Gasteiger partial charge in [-0.1, -0.05) is 12.1 Å². The molecule has 1 N–H and O–H groups in total. The van der Waals surface area contributed by atoms with E-state index in [0.29, 0.717) is 0 Å². The van der Waals surface area contributed by atoms with E-state index in [2.05, 4.69) is 6.07 Å². The lowest BCUT2D eigenvalue weighted by atomic mass is 10.1. The number of hydrogen-bond donors (Lipinski definition) is 1. The molecule has 1 rings (SSSR count). The van der Waals surface area contributed by atoms with Crippen LogP contribution in [-0.4, -0.2) is 5.11 Å². The monoisotopic (exact) mass is 135 g/mol. The summed E-state index contributed by atoms with van der Waals surface area (Å²) in [5, 5.41) is 8.77. The largest absolute Gasteiger partial charge is 0.392 e. The lowest BCUT2D eigenvalue weighted by Gasteiger charge is -1.99. The zero-order valence-corrected chi connectivity index (χ0v) is 6.31. The van der Waals surface area contributed by atoms with Gasteiger partial charge in [-0.05, 0) is 36.6 Å². The summed E-state index contributed by atoms with van der Waals surface area (Å²) in [6, 6.07) is 7.01. The lowest BCUT2D eigenvalue weighted by molar-refractivity contribution is 0.281. The summed E-state index contributed by atoms with van der Waals surface area (Å²) in [5.41, 5.74) is 3.14. The van der Waals surface area contributed by atoms with Crippen LogP contribution in [0, 0.1) is 19.9 Å². The number of aliphatic hydroxyl groups is 1. The van der Waals surface area contributed by atoms with E-state index in [1.807, 2.05) is 26.0 Å². The molecule has 1 aromatic rings.